The molecule has 0 aliphatic heterocycles. The summed E-state index contributed by atoms with van der Waals surface area (Å²) in [5.74, 6) is -0.527. The number of hydrogen-bond acceptors (Lipinski definition) is 6. The monoisotopic (exact) mass is 346 g/mol. The third kappa shape index (κ3) is 5.34. The van der Waals surface area contributed by atoms with Crippen molar-refractivity contribution in [2.75, 3.05) is 13.2 Å². The molecule has 1 atom stereocenters. The fourth-order valence-electron chi connectivity index (χ4n) is 2.22. The van der Waals surface area contributed by atoms with Crippen molar-refractivity contribution in [1.29, 1.82) is 0 Å². The van der Waals surface area contributed by atoms with Crippen LogP contribution in [0, 0.1) is 0 Å². The lowest BCUT2D eigenvalue weighted by Crippen LogP contribution is -2.19. The van der Waals surface area contributed by atoms with Gasteiger partial charge in [0.25, 0.3) is 0 Å². The van der Waals surface area contributed by atoms with E-state index in [-0.39, 0.29) is 25.4 Å². The quantitative estimate of drug-likeness (QED) is 0.566. The number of carbonyl (C=O) groups excluding carboxylic acids is 2. The molecule has 0 unspecified atom stereocenters. The molecule has 0 saturated heterocycles. The van der Waals surface area contributed by atoms with Crippen LogP contribution in [0.15, 0.2) is 42.9 Å². The zero-order valence-electron chi connectivity index (χ0n) is 14.5. The highest BCUT2D eigenvalue weighted by atomic mass is 16.7. The molecule has 0 radical (unpaired) electrons. The Bertz CT molecular complexity index is 697. The van der Waals surface area contributed by atoms with Crippen LogP contribution < -0.4 is 0 Å². The Morgan fingerprint density at radius 2 is 1.76 bits per heavy atom. The van der Waals surface area contributed by atoms with Crippen molar-refractivity contribution in [3.8, 4) is 0 Å². The van der Waals surface area contributed by atoms with Gasteiger partial charge in [0, 0.05) is 0 Å². The van der Waals surface area contributed by atoms with Gasteiger partial charge < -0.3 is 18.8 Å². The second kappa shape index (κ2) is 8.86. The first-order chi connectivity index (χ1) is 12.0. The normalized spacial score (nSPS) is 11.8. The summed E-state index contributed by atoms with van der Waals surface area (Å²) in [7, 11) is 0. The number of aromatic nitrogens is 2. The SMILES string of the molecule is CC(C)OC(=O)OCCOC(=O)c1cncn1[C@H](C)c1ccccc1. The third-order valence-electron chi connectivity index (χ3n) is 3.44. The Hall–Kier alpha value is -2.83. The van der Waals surface area contributed by atoms with Crippen LogP contribution >= 0.6 is 0 Å². The van der Waals surface area contributed by atoms with Crippen LogP contribution in [0.25, 0.3) is 0 Å². The maximum atomic E-state index is 12.2. The summed E-state index contributed by atoms with van der Waals surface area (Å²) in [6.07, 6.45) is 2.00. The van der Waals surface area contributed by atoms with Gasteiger partial charge in [-0.15, -0.1) is 0 Å². The van der Waals surface area contributed by atoms with Crippen molar-refractivity contribution < 1.29 is 23.8 Å². The lowest BCUT2D eigenvalue weighted by atomic mass is 10.1. The van der Waals surface area contributed by atoms with Gasteiger partial charge in [-0.25, -0.2) is 14.6 Å². The van der Waals surface area contributed by atoms with Gasteiger partial charge >= 0.3 is 12.1 Å². The van der Waals surface area contributed by atoms with E-state index in [1.165, 1.54) is 6.20 Å². The van der Waals surface area contributed by atoms with Crippen molar-refractivity contribution in [3.05, 3.63) is 54.1 Å². The van der Waals surface area contributed by atoms with Gasteiger partial charge in [0.1, 0.15) is 18.9 Å². The van der Waals surface area contributed by atoms with Crippen LogP contribution in [-0.2, 0) is 14.2 Å². The molecule has 0 amide bonds. The van der Waals surface area contributed by atoms with Gasteiger partial charge in [-0.05, 0) is 26.3 Å². The van der Waals surface area contributed by atoms with Crippen LogP contribution in [0.1, 0.15) is 42.9 Å². The fourth-order valence-corrected chi connectivity index (χ4v) is 2.22. The molecule has 0 saturated carbocycles. The van der Waals surface area contributed by atoms with Crippen molar-refractivity contribution in [2.45, 2.75) is 32.9 Å². The Morgan fingerprint density at radius 1 is 1.08 bits per heavy atom. The molecule has 0 aliphatic rings. The number of carbonyl (C=O) groups is 2. The second-order valence-corrected chi connectivity index (χ2v) is 5.67. The van der Waals surface area contributed by atoms with E-state index in [2.05, 4.69) is 4.98 Å². The van der Waals surface area contributed by atoms with Gasteiger partial charge in [-0.1, -0.05) is 30.3 Å². The van der Waals surface area contributed by atoms with Crippen molar-refractivity contribution in [1.82, 2.24) is 9.55 Å². The van der Waals surface area contributed by atoms with E-state index in [1.54, 1.807) is 24.7 Å². The van der Waals surface area contributed by atoms with E-state index in [1.807, 2.05) is 37.3 Å². The van der Waals surface area contributed by atoms with E-state index in [0.29, 0.717) is 5.69 Å². The molecule has 25 heavy (non-hydrogen) atoms. The van der Waals surface area contributed by atoms with E-state index in [0.717, 1.165) is 5.56 Å². The first kappa shape index (κ1) is 18.5. The van der Waals surface area contributed by atoms with Crippen molar-refractivity contribution in [3.63, 3.8) is 0 Å². The van der Waals surface area contributed by atoms with Gasteiger partial charge in [-0.3, -0.25) is 0 Å². The molecule has 0 fully saturated rings. The fraction of sp³-hybridized carbons (Fsp3) is 0.389. The Morgan fingerprint density at radius 3 is 2.44 bits per heavy atom. The number of nitrogens with zero attached hydrogens (tertiary/aromatic N) is 2. The largest absolute Gasteiger partial charge is 0.508 e. The average molecular weight is 346 g/mol. The molecule has 2 rings (SSSR count). The molecule has 7 nitrogen and oxygen atoms in total. The maximum absolute atomic E-state index is 12.2. The molecule has 1 heterocycles. The van der Waals surface area contributed by atoms with Crippen LogP contribution in [0.2, 0.25) is 0 Å². The number of benzene rings is 1. The smallest absolute Gasteiger partial charge is 0.457 e. The average Bonchev–Trinajstić information content (AvgIpc) is 3.08. The molecular weight excluding hydrogens is 324 g/mol. The summed E-state index contributed by atoms with van der Waals surface area (Å²) in [4.78, 5) is 27.5. The zero-order valence-corrected chi connectivity index (χ0v) is 14.5. The molecule has 0 spiro atoms. The molecule has 0 aliphatic carbocycles. The summed E-state index contributed by atoms with van der Waals surface area (Å²) in [6, 6.07) is 9.71. The zero-order chi connectivity index (χ0) is 18.2. The number of hydrogen-bond donors (Lipinski definition) is 0. The van der Waals surface area contributed by atoms with E-state index < -0.39 is 12.1 Å². The molecule has 0 bridgehead atoms. The van der Waals surface area contributed by atoms with Gasteiger partial charge in [0.15, 0.2) is 0 Å². The summed E-state index contributed by atoms with van der Waals surface area (Å²) < 4.78 is 16.5. The lowest BCUT2D eigenvalue weighted by molar-refractivity contribution is 0.0124. The molecular formula is C18H22N2O5. The number of rotatable bonds is 7. The second-order valence-electron chi connectivity index (χ2n) is 5.67. The molecule has 1 aromatic carbocycles. The van der Waals surface area contributed by atoms with E-state index in [9.17, 15) is 9.59 Å². The van der Waals surface area contributed by atoms with Crippen LogP contribution in [-0.4, -0.2) is 41.0 Å². The summed E-state index contributed by atoms with van der Waals surface area (Å²) >= 11 is 0. The molecule has 2 aromatic rings. The van der Waals surface area contributed by atoms with E-state index >= 15 is 0 Å². The predicted molar refractivity (Wildman–Crippen MR) is 90.3 cm³/mol. The third-order valence-corrected chi connectivity index (χ3v) is 3.44. The van der Waals surface area contributed by atoms with Gasteiger partial charge in [0.05, 0.1) is 24.7 Å². The Labute approximate surface area is 146 Å². The van der Waals surface area contributed by atoms with Crippen LogP contribution in [0.4, 0.5) is 4.79 Å². The number of esters is 1. The van der Waals surface area contributed by atoms with Crippen molar-refractivity contribution >= 4 is 12.1 Å². The highest BCUT2D eigenvalue weighted by Gasteiger charge is 2.18. The first-order valence-electron chi connectivity index (χ1n) is 8.06. The number of imidazole rings is 1. The highest BCUT2D eigenvalue weighted by Crippen LogP contribution is 2.19. The number of ether oxygens (including phenoxy) is 3. The van der Waals surface area contributed by atoms with Crippen LogP contribution in [0.3, 0.4) is 0 Å². The van der Waals surface area contributed by atoms with E-state index in [4.69, 9.17) is 14.2 Å². The minimum Gasteiger partial charge on any atom is -0.457 e. The Balaban J connectivity index is 1.89. The summed E-state index contributed by atoms with van der Waals surface area (Å²) in [6.45, 7) is 5.28. The highest BCUT2D eigenvalue weighted by molar-refractivity contribution is 5.87. The van der Waals surface area contributed by atoms with Crippen LogP contribution in [0.5, 0.6) is 0 Å². The summed E-state index contributed by atoms with van der Waals surface area (Å²) in [5, 5.41) is 0. The summed E-state index contributed by atoms with van der Waals surface area (Å²) in [5.41, 5.74) is 1.38. The topological polar surface area (TPSA) is 79.7 Å². The molecule has 7 heteroatoms. The molecule has 0 N–H and O–H groups in total. The lowest BCUT2D eigenvalue weighted by Gasteiger charge is -2.16. The predicted octanol–water partition coefficient (Wildman–Crippen LogP) is 3.21. The maximum Gasteiger partial charge on any atom is 0.508 e. The Kier molecular flexibility index (Phi) is 6.56. The minimum atomic E-state index is -0.784. The van der Waals surface area contributed by atoms with Gasteiger partial charge in [-0.2, -0.15) is 0 Å². The minimum absolute atomic E-state index is 0.0586. The first-order valence-corrected chi connectivity index (χ1v) is 8.06. The molecule has 134 valence electrons. The standard InChI is InChI=1S/C18H22N2O5/c1-13(2)25-18(22)24-10-9-23-17(21)16-11-19-12-20(16)14(3)15-7-5-4-6-8-15/h4-8,11-14H,9-10H2,1-3H3/t14-/m1/s1. The molecule has 1 aromatic heterocycles. The van der Waals surface area contributed by atoms with Gasteiger partial charge in [0.2, 0.25) is 0 Å². The van der Waals surface area contributed by atoms with Crippen molar-refractivity contribution in [2.24, 2.45) is 0 Å².